The monoisotopic (exact) mass is 329 g/mol. The molecule has 1 aromatic rings. The zero-order chi connectivity index (χ0) is 17.3. The lowest BCUT2D eigenvalue weighted by molar-refractivity contribution is -0.132. The topological polar surface area (TPSA) is 75.4 Å². The molecular weight excluding hydrogens is 302 g/mol. The van der Waals surface area contributed by atoms with Crippen LogP contribution in [0.5, 0.6) is 0 Å². The summed E-state index contributed by atoms with van der Waals surface area (Å²) in [5.74, 6) is -0.172. The third-order valence-corrected chi connectivity index (χ3v) is 5.49. The third-order valence-electron chi connectivity index (χ3n) is 5.49. The molecular formula is C19H27N3O2. The van der Waals surface area contributed by atoms with Crippen LogP contribution in [0.25, 0.3) is 0 Å². The standard InChI is InChI=1S/C19H27N3O2/c1-3-16(20)12-22-17(23)19(4-2,21-18(22)24)15-10-9-13-7-5-6-8-14(13)11-15/h9-11,16H,3-8,12,20H2,1-2H3,(H,21,24). The third kappa shape index (κ3) is 2.71. The molecule has 130 valence electrons. The van der Waals surface area contributed by atoms with Gasteiger partial charge in [-0.1, -0.05) is 32.0 Å². The van der Waals surface area contributed by atoms with Gasteiger partial charge in [-0.3, -0.25) is 9.69 Å². The molecule has 1 aliphatic carbocycles. The lowest BCUT2D eigenvalue weighted by Gasteiger charge is -2.28. The van der Waals surface area contributed by atoms with Gasteiger partial charge in [0.05, 0.1) is 0 Å². The number of nitrogens with two attached hydrogens (primary N) is 1. The molecule has 0 saturated carbocycles. The largest absolute Gasteiger partial charge is 0.326 e. The highest BCUT2D eigenvalue weighted by Gasteiger charge is 2.51. The van der Waals surface area contributed by atoms with Gasteiger partial charge in [0.25, 0.3) is 5.91 Å². The first-order valence-corrected chi connectivity index (χ1v) is 9.03. The predicted molar refractivity (Wildman–Crippen MR) is 93.6 cm³/mol. The van der Waals surface area contributed by atoms with Crippen LogP contribution in [0, 0.1) is 0 Å². The number of rotatable bonds is 5. The van der Waals surface area contributed by atoms with Crippen molar-refractivity contribution in [1.29, 1.82) is 0 Å². The molecule has 3 N–H and O–H groups in total. The summed E-state index contributed by atoms with van der Waals surface area (Å²) in [5, 5.41) is 2.95. The summed E-state index contributed by atoms with van der Waals surface area (Å²) < 4.78 is 0. The Kier molecular flexibility index (Phi) is 4.63. The molecule has 1 aromatic carbocycles. The van der Waals surface area contributed by atoms with Gasteiger partial charge in [-0.15, -0.1) is 0 Å². The van der Waals surface area contributed by atoms with E-state index in [0.29, 0.717) is 6.42 Å². The van der Waals surface area contributed by atoms with Gasteiger partial charge in [-0.2, -0.15) is 0 Å². The Hall–Kier alpha value is -1.88. The Morgan fingerprint density at radius 1 is 1.21 bits per heavy atom. The van der Waals surface area contributed by atoms with Crippen LogP contribution in [0.4, 0.5) is 4.79 Å². The van der Waals surface area contributed by atoms with Crippen molar-refractivity contribution in [3.8, 4) is 0 Å². The number of nitrogens with one attached hydrogen (secondary N) is 1. The van der Waals surface area contributed by atoms with Crippen LogP contribution >= 0.6 is 0 Å². The van der Waals surface area contributed by atoms with Crippen LogP contribution in [0.2, 0.25) is 0 Å². The summed E-state index contributed by atoms with van der Waals surface area (Å²) in [6.07, 6.45) is 5.84. The van der Waals surface area contributed by atoms with Gasteiger partial charge >= 0.3 is 6.03 Å². The van der Waals surface area contributed by atoms with E-state index in [1.807, 2.05) is 19.9 Å². The number of imide groups is 1. The maximum absolute atomic E-state index is 13.1. The zero-order valence-corrected chi connectivity index (χ0v) is 14.6. The van der Waals surface area contributed by atoms with Gasteiger partial charge in [0.1, 0.15) is 5.54 Å². The highest BCUT2D eigenvalue weighted by atomic mass is 16.2. The van der Waals surface area contributed by atoms with Crippen molar-refractivity contribution in [3.05, 3.63) is 34.9 Å². The summed E-state index contributed by atoms with van der Waals surface area (Å²) >= 11 is 0. The molecule has 1 aliphatic heterocycles. The average molecular weight is 329 g/mol. The molecule has 1 heterocycles. The number of fused-ring (bicyclic) bond motifs is 1. The van der Waals surface area contributed by atoms with E-state index < -0.39 is 5.54 Å². The highest BCUT2D eigenvalue weighted by molar-refractivity contribution is 6.07. The molecule has 2 atom stereocenters. The van der Waals surface area contributed by atoms with Gasteiger partial charge < -0.3 is 11.1 Å². The zero-order valence-electron chi connectivity index (χ0n) is 14.6. The van der Waals surface area contributed by atoms with Crippen LogP contribution in [-0.2, 0) is 23.2 Å². The number of hydrogen-bond acceptors (Lipinski definition) is 3. The van der Waals surface area contributed by atoms with Gasteiger partial charge in [-0.05, 0) is 55.2 Å². The average Bonchev–Trinajstić information content (AvgIpc) is 2.86. The number of carbonyl (C=O) groups is 2. The Morgan fingerprint density at radius 2 is 1.92 bits per heavy atom. The lowest BCUT2D eigenvalue weighted by atomic mass is 9.82. The molecule has 5 nitrogen and oxygen atoms in total. The molecule has 0 radical (unpaired) electrons. The van der Waals surface area contributed by atoms with E-state index >= 15 is 0 Å². The molecule has 3 amide bonds. The smallest absolute Gasteiger partial charge is 0.325 e. The van der Waals surface area contributed by atoms with E-state index in [1.54, 1.807) is 0 Å². The SMILES string of the molecule is CCC(N)CN1C(=O)NC(CC)(c2ccc3c(c2)CCCC3)C1=O. The fourth-order valence-corrected chi connectivity index (χ4v) is 3.79. The van der Waals surface area contributed by atoms with Crippen molar-refractivity contribution < 1.29 is 9.59 Å². The Labute approximate surface area is 143 Å². The van der Waals surface area contributed by atoms with Gasteiger partial charge in [-0.25, -0.2) is 4.79 Å². The van der Waals surface area contributed by atoms with Crippen LogP contribution in [0.15, 0.2) is 18.2 Å². The van der Waals surface area contributed by atoms with E-state index in [1.165, 1.54) is 28.9 Å². The predicted octanol–water partition coefficient (Wildman–Crippen LogP) is 2.46. The normalized spacial score (nSPS) is 24.7. The molecule has 3 rings (SSSR count). The Bertz CT molecular complexity index is 658. The number of hydrogen-bond donors (Lipinski definition) is 2. The molecule has 1 fully saturated rings. The van der Waals surface area contributed by atoms with Crippen molar-refractivity contribution in [3.63, 3.8) is 0 Å². The van der Waals surface area contributed by atoms with Crippen molar-refractivity contribution in [1.82, 2.24) is 10.2 Å². The number of aryl methyl sites for hydroxylation is 2. The van der Waals surface area contributed by atoms with Crippen LogP contribution in [0.1, 0.15) is 56.2 Å². The van der Waals surface area contributed by atoms with E-state index in [9.17, 15) is 9.59 Å². The Balaban J connectivity index is 1.95. The quantitative estimate of drug-likeness (QED) is 0.815. The molecule has 0 spiro atoms. The van der Waals surface area contributed by atoms with Gasteiger partial charge in [0, 0.05) is 12.6 Å². The first-order chi connectivity index (χ1) is 11.5. The number of nitrogens with zero attached hydrogens (tertiary/aromatic N) is 1. The van der Waals surface area contributed by atoms with Gasteiger partial charge in [0.2, 0.25) is 0 Å². The van der Waals surface area contributed by atoms with Crippen LogP contribution in [-0.4, -0.2) is 29.4 Å². The van der Waals surface area contributed by atoms with E-state index in [-0.39, 0.29) is 24.5 Å². The van der Waals surface area contributed by atoms with Gasteiger partial charge in [0.15, 0.2) is 0 Å². The second-order valence-corrected chi connectivity index (χ2v) is 6.96. The summed E-state index contributed by atoms with van der Waals surface area (Å²) in [6.45, 7) is 4.18. The molecule has 5 heteroatoms. The second kappa shape index (κ2) is 6.55. The van der Waals surface area contributed by atoms with Crippen molar-refractivity contribution >= 4 is 11.9 Å². The van der Waals surface area contributed by atoms with E-state index in [2.05, 4.69) is 17.4 Å². The van der Waals surface area contributed by atoms with E-state index in [0.717, 1.165) is 24.8 Å². The maximum atomic E-state index is 13.1. The summed E-state index contributed by atoms with van der Waals surface area (Å²) in [6, 6.07) is 5.75. The first-order valence-electron chi connectivity index (χ1n) is 9.03. The minimum atomic E-state index is -0.947. The highest BCUT2D eigenvalue weighted by Crippen LogP contribution is 2.35. The molecule has 0 bridgehead atoms. The molecule has 1 saturated heterocycles. The van der Waals surface area contributed by atoms with Crippen molar-refractivity contribution in [2.45, 2.75) is 64.0 Å². The summed E-state index contributed by atoms with van der Waals surface area (Å²) in [4.78, 5) is 26.8. The maximum Gasteiger partial charge on any atom is 0.325 e. The molecule has 24 heavy (non-hydrogen) atoms. The van der Waals surface area contributed by atoms with Crippen LogP contribution in [0.3, 0.4) is 0 Å². The summed E-state index contributed by atoms with van der Waals surface area (Å²) in [5.41, 5.74) is 8.61. The summed E-state index contributed by atoms with van der Waals surface area (Å²) in [7, 11) is 0. The Morgan fingerprint density at radius 3 is 2.58 bits per heavy atom. The molecule has 2 unspecified atom stereocenters. The second-order valence-electron chi connectivity index (χ2n) is 6.96. The fourth-order valence-electron chi connectivity index (χ4n) is 3.79. The minimum absolute atomic E-state index is 0.172. The molecule has 0 aromatic heterocycles. The van der Waals surface area contributed by atoms with Crippen molar-refractivity contribution in [2.75, 3.05) is 6.54 Å². The fraction of sp³-hybridized carbons (Fsp3) is 0.579. The number of benzene rings is 1. The van der Waals surface area contributed by atoms with Crippen LogP contribution < -0.4 is 11.1 Å². The minimum Gasteiger partial charge on any atom is -0.326 e. The number of carbonyl (C=O) groups excluding carboxylic acids is 2. The first kappa shape index (κ1) is 17.0. The lowest BCUT2D eigenvalue weighted by Crippen LogP contribution is -2.45. The van der Waals surface area contributed by atoms with E-state index in [4.69, 9.17) is 5.73 Å². The number of amides is 3. The van der Waals surface area contributed by atoms with Crippen molar-refractivity contribution in [2.24, 2.45) is 5.73 Å². The molecule has 2 aliphatic rings. The number of urea groups is 1.